The Kier molecular flexibility index (Phi) is 7.86. The zero-order valence-electron chi connectivity index (χ0n) is 21.8. The van der Waals surface area contributed by atoms with Crippen LogP contribution in [0.5, 0.6) is 0 Å². The van der Waals surface area contributed by atoms with Gasteiger partial charge in [-0.25, -0.2) is 26.5 Å². The van der Waals surface area contributed by atoms with Gasteiger partial charge >= 0.3 is 6.18 Å². The number of hydrogen-bond acceptors (Lipinski definition) is 7. The van der Waals surface area contributed by atoms with Gasteiger partial charge in [-0.15, -0.1) is 0 Å². The van der Waals surface area contributed by atoms with Gasteiger partial charge in [-0.05, 0) is 25.0 Å². The Hall–Kier alpha value is -3.44. The Morgan fingerprint density at radius 1 is 1.12 bits per heavy atom. The number of rotatable bonds is 8. The van der Waals surface area contributed by atoms with Crippen molar-refractivity contribution in [2.75, 3.05) is 37.8 Å². The van der Waals surface area contributed by atoms with E-state index in [2.05, 4.69) is 25.4 Å². The van der Waals surface area contributed by atoms with Crippen LogP contribution in [0.25, 0.3) is 11.3 Å². The molecule has 0 aromatic carbocycles. The van der Waals surface area contributed by atoms with Gasteiger partial charge < -0.3 is 5.32 Å². The summed E-state index contributed by atoms with van der Waals surface area (Å²) in [6.07, 6.45) is -1.19. The lowest BCUT2D eigenvalue weighted by molar-refractivity contribution is -0.142. The van der Waals surface area contributed by atoms with Gasteiger partial charge in [0.15, 0.2) is 5.69 Å². The number of nitrogens with one attached hydrogen (secondary N) is 1. The zero-order valence-corrected chi connectivity index (χ0v) is 22.6. The van der Waals surface area contributed by atoms with E-state index < -0.39 is 40.8 Å². The van der Waals surface area contributed by atoms with Crippen molar-refractivity contribution in [2.45, 2.75) is 44.1 Å². The number of likely N-dealkylation sites (tertiary alicyclic amines) is 1. The van der Waals surface area contributed by atoms with Gasteiger partial charge in [0, 0.05) is 50.2 Å². The maximum atomic E-state index is 13.8. The molecular weight excluding hydrogens is 575 g/mol. The van der Waals surface area contributed by atoms with Crippen LogP contribution in [0.4, 0.5) is 27.6 Å². The Labute approximate surface area is 232 Å². The van der Waals surface area contributed by atoms with Crippen LogP contribution in [0.2, 0.25) is 0 Å². The number of aromatic nitrogens is 5. The zero-order chi connectivity index (χ0) is 29.5. The number of alkyl halides is 5. The van der Waals surface area contributed by atoms with Crippen molar-refractivity contribution >= 4 is 21.6 Å². The Bertz CT molecular complexity index is 1510. The minimum atomic E-state index is -4.46. The van der Waals surface area contributed by atoms with Crippen molar-refractivity contribution in [1.29, 1.82) is 0 Å². The van der Waals surface area contributed by atoms with Crippen LogP contribution in [-0.4, -0.2) is 92.7 Å². The average molecular weight is 603 g/mol. The highest BCUT2D eigenvalue weighted by molar-refractivity contribution is 7.88. The number of piperidine rings is 1. The van der Waals surface area contributed by atoms with Crippen LogP contribution in [-0.2, 0) is 16.6 Å². The SMILES string of the molecule is CS(=O)(=O)N1CCC(N2CC(n3cc(NC(=O)c4cccc(-c5cnn(CC(F)(F)F)c5)n4)c(C(F)F)n3)C2)CC1. The molecule has 0 unspecified atom stereocenters. The van der Waals surface area contributed by atoms with Crippen molar-refractivity contribution in [2.24, 2.45) is 0 Å². The van der Waals surface area contributed by atoms with E-state index in [0.29, 0.717) is 43.7 Å². The summed E-state index contributed by atoms with van der Waals surface area (Å²) in [6.45, 7) is 0.682. The number of halogens is 5. The van der Waals surface area contributed by atoms with E-state index in [0.717, 1.165) is 6.20 Å². The van der Waals surface area contributed by atoms with Crippen LogP contribution in [0.3, 0.4) is 0 Å². The number of carbonyl (C=O) groups excluding carboxylic acids is 1. The highest BCUT2D eigenvalue weighted by atomic mass is 32.2. The van der Waals surface area contributed by atoms with Crippen molar-refractivity contribution in [3.05, 3.63) is 48.2 Å². The molecule has 2 aliphatic heterocycles. The van der Waals surface area contributed by atoms with E-state index >= 15 is 0 Å². The standard InChI is InChI=1S/C24H27F5N8O3S/c1-41(39,40)36-7-5-16(6-8-36)34-11-17(12-34)37-13-20(21(33-37)22(25)26)32-23(38)19-4-2-3-18(31-19)15-9-30-35(10-15)14-24(27,28)29/h2-4,9-10,13,16-17,22H,5-8,11-12,14H2,1H3,(H,32,38). The summed E-state index contributed by atoms with van der Waals surface area (Å²) in [5, 5.41) is 10.1. The lowest BCUT2D eigenvalue weighted by Crippen LogP contribution is -2.56. The van der Waals surface area contributed by atoms with E-state index in [4.69, 9.17) is 0 Å². The predicted molar refractivity (Wildman–Crippen MR) is 137 cm³/mol. The quantitative estimate of drug-likeness (QED) is 0.394. The van der Waals surface area contributed by atoms with E-state index in [1.54, 1.807) is 0 Å². The van der Waals surface area contributed by atoms with E-state index in [1.807, 2.05) is 0 Å². The van der Waals surface area contributed by atoms with E-state index in [9.17, 15) is 35.2 Å². The predicted octanol–water partition coefficient (Wildman–Crippen LogP) is 3.17. The van der Waals surface area contributed by atoms with Gasteiger partial charge in [-0.1, -0.05) is 6.07 Å². The third-order valence-corrected chi connectivity index (χ3v) is 8.44. The molecule has 1 amide bonds. The van der Waals surface area contributed by atoms with Crippen LogP contribution >= 0.6 is 0 Å². The lowest BCUT2D eigenvalue weighted by atomic mass is 9.98. The Morgan fingerprint density at radius 2 is 1.83 bits per heavy atom. The summed E-state index contributed by atoms with van der Waals surface area (Å²) in [5.41, 5.74) is -0.457. The van der Waals surface area contributed by atoms with Crippen molar-refractivity contribution in [3.63, 3.8) is 0 Å². The fourth-order valence-electron chi connectivity index (χ4n) is 5.02. The van der Waals surface area contributed by atoms with E-state index in [-0.39, 0.29) is 34.7 Å². The molecule has 3 aromatic heterocycles. The summed E-state index contributed by atoms with van der Waals surface area (Å²) in [6, 6.07) is 4.30. The topological polar surface area (TPSA) is 118 Å². The van der Waals surface area contributed by atoms with Crippen LogP contribution in [0.15, 0.2) is 36.8 Å². The number of carbonyl (C=O) groups is 1. The lowest BCUT2D eigenvalue weighted by Gasteiger charge is -2.46. The molecule has 5 rings (SSSR count). The molecule has 2 fully saturated rings. The molecule has 1 N–H and O–H groups in total. The molecule has 0 spiro atoms. The maximum absolute atomic E-state index is 13.8. The van der Waals surface area contributed by atoms with Crippen molar-refractivity contribution < 1.29 is 35.2 Å². The fourth-order valence-corrected chi connectivity index (χ4v) is 5.89. The molecule has 0 aliphatic carbocycles. The number of nitrogens with zero attached hydrogens (tertiary/aromatic N) is 7. The number of sulfonamides is 1. The van der Waals surface area contributed by atoms with Gasteiger partial charge in [0.25, 0.3) is 12.3 Å². The first-order valence-electron chi connectivity index (χ1n) is 12.7. The molecule has 0 atom stereocenters. The van der Waals surface area contributed by atoms with Gasteiger partial charge in [0.05, 0.1) is 29.9 Å². The largest absolute Gasteiger partial charge is 0.408 e. The van der Waals surface area contributed by atoms with Gasteiger partial charge in [-0.2, -0.15) is 23.4 Å². The second kappa shape index (κ2) is 11.1. The minimum Gasteiger partial charge on any atom is -0.318 e. The smallest absolute Gasteiger partial charge is 0.318 e. The highest BCUT2D eigenvalue weighted by Crippen LogP contribution is 2.32. The summed E-state index contributed by atoms with van der Waals surface area (Å²) < 4.78 is 92.5. The summed E-state index contributed by atoms with van der Waals surface area (Å²) >= 11 is 0. The van der Waals surface area contributed by atoms with Crippen molar-refractivity contribution in [3.8, 4) is 11.3 Å². The molecule has 11 nitrogen and oxygen atoms in total. The molecule has 0 bridgehead atoms. The molecule has 222 valence electrons. The molecular formula is C24H27F5N8O3S. The number of hydrogen-bond donors (Lipinski definition) is 1. The van der Waals surface area contributed by atoms with Crippen molar-refractivity contribution in [1.82, 2.24) is 33.8 Å². The first-order chi connectivity index (χ1) is 19.3. The molecule has 17 heteroatoms. The second-order valence-corrected chi connectivity index (χ2v) is 12.1. The molecule has 41 heavy (non-hydrogen) atoms. The summed E-state index contributed by atoms with van der Waals surface area (Å²) in [4.78, 5) is 19.2. The first kappa shape index (κ1) is 29.1. The molecule has 2 saturated heterocycles. The third kappa shape index (κ3) is 6.73. The second-order valence-electron chi connectivity index (χ2n) is 10.1. The Morgan fingerprint density at radius 3 is 2.46 bits per heavy atom. The van der Waals surface area contributed by atoms with Crippen LogP contribution < -0.4 is 5.32 Å². The van der Waals surface area contributed by atoms with E-state index in [1.165, 1.54) is 45.8 Å². The molecule has 0 radical (unpaired) electrons. The summed E-state index contributed by atoms with van der Waals surface area (Å²) in [5.74, 6) is -0.788. The normalized spacial score (nSPS) is 18.1. The molecule has 3 aromatic rings. The molecule has 5 heterocycles. The maximum Gasteiger partial charge on any atom is 0.408 e. The van der Waals surface area contributed by atoms with Gasteiger partial charge in [0.2, 0.25) is 10.0 Å². The minimum absolute atomic E-state index is 0.130. The monoisotopic (exact) mass is 602 g/mol. The number of pyridine rings is 1. The number of amides is 1. The first-order valence-corrected chi connectivity index (χ1v) is 14.6. The summed E-state index contributed by atoms with van der Waals surface area (Å²) in [7, 11) is -3.23. The highest BCUT2D eigenvalue weighted by Gasteiger charge is 2.37. The van der Waals surface area contributed by atoms with Crippen LogP contribution in [0, 0.1) is 0 Å². The van der Waals surface area contributed by atoms with Gasteiger partial charge in [0.1, 0.15) is 12.2 Å². The fraction of sp³-hybridized carbons (Fsp3) is 0.500. The van der Waals surface area contributed by atoms with Crippen LogP contribution in [0.1, 0.15) is 41.5 Å². The van der Waals surface area contributed by atoms with Gasteiger partial charge in [-0.3, -0.25) is 19.1 Å². The third-order valence-electron chi connectivity index (χ3n) is 7.14. The molecule has 2 aliphatic rings. The molecule has 0 saturated carbocycles. The Balaban J connectivity index is 1.23. The average Bonchev–Trinajstić information content (AvgIpc) is 3.49. The number of anilines is 1.